The summed E-state index contributed by atoms with van der Waals surface area (Å²) in [5.74, 6) is 0. The van der Waals surface area contributed by atoms with Crippen molar-refractivity contribution < 1.29 is 0 Å². The van der Waals surface area contributed by atoms with Gasteiger partial charge in [-0.3, -0.25) is 0 Å². The highest BCUT2D eigenvalue weighted by atomic mass is 32.2. The number of hydrogen-bond acceptors (Lipinski definition) is 5. The summed E-state index contributed by atoms with van der Waals surface area (Å²) in [6.45, 7) is 8.14. The molecular weight excluding hydrogens is 274 g/mol. The first kappa shape index (κ1) is 14.5. The Morgan fingerprint density at radius 1 is 1.21 bits per heavy atom. The predicted octanol–water partition coefficient (Wildman–Crippen LogP) is 3.64. The van der Waals surface area contributed by atoms with Gasteiger partial charge in [0.25, 0.3) is 0 Å². The van der Waals surface area contributed by atoms with Gasteiger partial charge in [0.05, 0.1) is 5.25 Å². The summed E-state index contributed by atoms with van der Waals surface area (Å²) in [7, 11) is 0. The largest absolute Gasteiger partial charge is 0.327 e. The first-order valence-corrected chi connectivity index (χ1v) is 8.07. The van der Waals surface area contributed by atoms with E-state index < -0.39 is 0 Å². The molecule has 102 valence electrons. The molecule has 0 saturated heterocycles. The van der Waals surface area contributed by atoms with Crippen molar-refractivity contribution in [3.8, 4) is 0 Å². The van der Waals surface area contributed by atoms with E-state index in [1.165, 1.54) is 5.56 Å². The van der Waals surface area contributed by atoms with E-state index in [1.54, 1.807) is 23.1 Å². The van der Waals surface area contributed by atoms with Crippen molar-refractivity contribution in [2.45, 2.75) is 44.1 Å². The fourth-order valence-corrected chi connectivity index (χ4v) is 3.71. The molecule has 0 amide bonds. The number of hydrogen-bond donors (Lipinski definition) is 1. The Kier molecular flexibility index (Phi) is 4.60. The van der Waals surface area contributed by atoms with E-state index in [4.69, 9.17) is 5.73 Å². The van der Waals surface area contributed by atoms with Gasteiger partial charge in [-0.2, -0.15) is 11.3 Å². The quantitative estimate of drug-likeness (QED) is 0.690. The smallest absolute Gasteiger partial charge is 0.188 e. The van der Waals surface area contributed by atoms with E-state index in [0.717, 1.165) is 22.1 Å². The molecule has 2 unspecified atom stereocenters. The third-order valence-corrected chi connectivity index (χ3v) is 5.24. The average Bonchev–Trinajstić information content (AvgIpc) is 2.86. The SMILES string of the molecule is Cc1nc(SC(c2ccsc2)C(C)N)nc(C)c1C. The summed E-state index contributed by atoms with van der Waals surface area (Å²) >= 11 is 3.35. The number of nitrogens with two attached hydrogens (primary N) is 1. The van der Waals surface area contributed by atoms with Crippen LogP contribution >= 0.6 is 23.1 Å². The lowest BCUT2D eigenvalue weighted by atomic mass is 10.1. The first-order valence-electron chi connectivity index (χ1n) is 6.25. The van der Waals surface area contributed by atoms with E-state index in [0.29, 0.717) is 0 Å². The third kappa shape index (κ3) is 3.35. The van der Waals surface area contributed by atoms with Gasteiger partial charge >= 0.3 is 0 Å². The molecule has 2 N–H and O–H groups in total. The Hall–Kier alpha value is -0.910. The summed E-state index contributed by atoms with van der Waals surface area (Å²) in [6, 6.07) is 2.18. The van der Waals surface area contributed by atoms with Crippen LogP contribution in [-0.4, -0.2) is 16.0 Å². The van der Waals surface area contributed by atoms with Crippen LogP contribution in [0.25, 0.3) is 0 Å². The molecule has 2 atom stereocenters. The standard InChI is InChI=1S/C14H19N3S2/c1-8-10(3)16-14(17-11(8)4)19-13(9(2)15)12-5-6-18-7-12/h5-7,9,13H,15H2,1-4H3. The van der Waals surface area contributed by atoms with Crippen LogP contribution in [-0.2, 0) is 0 Å². The van der Waals surface area contributed by atoms with Crippen LogP contribution in [0.3, 0.4) is 0 Å². The molecule has 3 nitrogen and oxygen atoms in total. The van der Waals surface area contributed by atoms with Crippen LogP contribution in [0.1, 0.15) is 34.7 Å². The van der Waals surface area contributed by atoms with Gasteiger partial charge in [-0.15, -0.1) is 0 Å². The van der Waals surface area contributed by atoms with E-state index >= 15 is 0 Å². The molecule has 2 rings (SSSR count). The fraction of sp³-hybridized carbons (Fsp3) is 0.429. The molecule has 2 heterocycles. The predicted molar refractivity (Wildman–Crippen MR) is 82.8 cm³/mol. The molecule has 0 fully saturated rings. The zero-order valence-corrected chi connectivity index (χ0v) is 13.3. The zero-order chi connectivity index (χ0) is 14.0. The number of aryl methyl sites for hydroxylation is 2. The minimum Gasteiger partial charge on any atom is -0.327 e. The monoisotopic (exact) mass is 293 g/mol. The number of thiophene rings is 1. The Labute approximate surface area is 122 Å². The summed E-state index contributed by atoms with van der Waals surface area (Å²) in [5.41, 5.74) is 10.6. The second-order valence-corrected chi connectivity index (χ2v) is 6.65. The lowest BCUT2D eigenvalue weighted by molar-refractivity contribution is 0.718. The van der Waals surface area contributed by atoms with Crippen molar-refractivity contribution in [3.05, 3.63) is 39.3 Å². The maximum Gasteiger partial charge on any atom is 0.188 e. The maximum atomic E-state index is 6.11. The minimum absolute atomic E-state index is 0.0603. The molecule has 0 bridgehead atoms. The molecule has 0 spiro atoms. The molecule has 0 aliphatic carbocycles. The second-order valence-electron chi connectivity index (χ2n) is 4.76. The minimum atomic E-state index is 0.0603. The van der Waals surface area contributed by atoms with Crippen LogP contribution in [0, 0.1) is 20.8 Å². The van der Waals surface area contributed by atoms with Crippen molar-refractivity contribution in [1.82, 2.24) is 9.97 Å². The number of thioether (sulfide) groups is 1. The molecule has 2 aromatic heterocycles. The van der Waals surface area contributed by atoms with Gasteiger partial charge in [-0.25, -0.2) is 9.97 Å². The summed E-state index contributed by atoms with van der Waals surface area (Å²) < 4.78 is 0. The van der Waals surface area contributed by atoms with Crippen molar-refractivity contribution in [3.63, 3.8) is 0 Å². The van der Waals surface area contributed by atoms with Crippen LogP contribution in [0.5, 0.6) is 0 Å². The summed E-state index contributed by atoms with van der Waals surface area (Å²) in [4.78, 5) is 9.13. The summed E-state index contributed by atoms with van der Waals surface area (Å²) in [6.07, 6.45) is 0. The molecule has 2 aromatic rings. The number of aromatic nitrogens is 2. The molecule has 0 radical (unpaired) electrons. The van der Waals surface area contributed by atoms with Gasteiger partial charge < -0.3 is 5.73 Å². The Bertz CT molecular complexity index is 527. The van der Waals surface area contributed by atoms with Gasteiger partial charge in [-0.05, 0) is 55.6 Å². The number of nitrogens with zero attached hydrogens (tertiary/aromatic N) is 2. The Balaban J connectivity index is 2.28. The van der Waals surface area contributed by atoms with Gasteiger partial charge in [0, 0.05) is 17.4 Å². The topological polar surface area (TPSA) is 51.8 Å². The lowest BCUT2D eigenvalue weighted by Gasteiger charge is -2.19. The van der Waals surface area contributed by atoms with E-state index in [2.05, 4.69) is 33.7 Å². The fourth-order valence-electron chi connectivity index (χ4n) is 1.82. The van der Waals surface area contributed by atoms with E-state index in [9.17, 15) is 0 Å². The number of rotatable bonds is 4. The van der Waals surface area contributed by atoms with Gasteiger partial charge in [0.2, 0.25) is 0 Å². The van der Waals surface area contributed by atoms with Gasteiger partial charge in [-0.1, -0.05) is 11.8 Å². The highest BCUT2D eigenvalue weighted by molar-refractivity contribution is 7.99. The first-order chi connectivity index (χ1) is 8.99. The molecule has 19 heavy (non-hydrogen) atoms. The molecule has 0 aliphatic heterocycles. The van der Waals surface area contributed by atoms with Crippen LogP contribution in [0.4, 0.5) is 0 Å². The average molecular weight is 293 g/mol. The highest BCUT2D eigenvalue weighted by Gasteiger charge is 2.20. The lowest BCUT2D eigenvalue weighted by Crippen LogP contribution is -2.22. The molecule has 0 saturated carbocycles. The van der Waals surface area contributed by atoms with Crippen LogP contribution < -0.4 is 5.73 Å². The van der Waals surface area contributed by atoms with Crippen molar-refractivity contribution >= 4 is 23.1 Å². The van der Waals surface area contributed by atoms with Gasteiger partial charge in [0.1, 0.15) is 0 Å². The molecule has 0 aliphatic rings. The van der Waals surface area contributed by atoms with Crippen molar-refractivity contribution in [1.29, 1.82) is 0 Å². The summed E-state index contributed by atoms with van der Waals surface area (Å²) in [5, 5.41) is 5.24. The molecular formula is C14H19N3S2. The zero-order valence-electron chi connectivity index (χ0n) is 11.7. The highest BCUT2D eigenvalue weighted by Crippen LogP contribution is 2.36. The molecule has 0 aromatic carbocycles. The van der Waals surface area contributed by atoms with Crippen molar-refractivity contribution in [2.75, 3.05) is 0 Å². The molecule has 5 heteroatoms. The maximum absolute atomic E-state index is 6.11. The Morgan fingerprint density at radius 2 is 1.84 bits per heavy atom. The third-order valence-electron chi connectivity index (χ3n) is 3.19. The van der Waals surface area contributed by atoms with E-state index in [-0.39, 0.29) is 11.3 Å². The van der Waals surface area contributed by atoms with Crippen molar-refractivity contribution in [2.24, 2.45) is 5.73 Å². The second kappa shape index (κ2) is 6.03. The van der Waals surface area contributed by atoms with Gasteiger partial charge in [0.15, 0.2) is 5.16 Å². The van der Waals surface area contributed by atoms with Crippen LogP contribution in [0.15, 0.2) is 22.0 Å². The normalized spacial score (nSPS) is 14.4. The van der Waals surface area contributed by atoms with E-state index in [1.807, 2.05) is 20.8 Å². The Morgan fingerprint density at radius 3 is 2.32 bits per heavy atom. The van der Waals surface area contributed by atoms with Crippen LogP contribution in [0.2, 0.25) is 0 Å².